The smallest absolute Gasteiger partial charge is 0.193 e. The van der Waals surface area contributed by atoms with Crippen molar-refractivity contribution in [2.75, 3.05) is 73.1 Å². The molecule has 32 heavy (non-hydrogen) atoms. The maximum Gasteiger partial charge on any atom is 0.193 e. The molecule has 0 aliphatic carbocycles. The van der Waals surface area contributed by atoms with Crippen LogP contribution in [0.4, 0.5) is 5.69 Å². The minimum absolute atomic E-state index is 0.709. The minimum atomic E-state index is 0.709. The number of piperazine rings is 1. The summed E-state index contributed by atoms with van der Waals surface area (Å²) in [5.74, 6) is 4.01. The molecule has 174 valence electrons. The molecule has 1 N–H and O–H groups in total. The normalized spacial score (nSPS) is 14.2. The molecule has 0 spiro atoms. The van der Waals surface area contributed by atoms with Gasteiger partial charge in [0, 0.05) is 63.2 Å². The summed E-state index contributed by atoms with van der Waals surface area (Å²) in [6.45, 7) is 4.40. The zero-order chi connectivity index (χ0) is 22.9. The zero-order valence-corrected chi connectivity index (χ0v) is 19.7. The first-order chi connectivity index (χ1) is 15.6. The summed E-state index contributed by atoms with van der Waals surface area (Å²) in [4.78, 5) is 9.17. The minimum Gasteiger partial charge on any atom is -0.497 e. The molecule has 0 unspecified atom stereocenters. The number of nitrogens with zero attached hydrogens (tertiary/aromatic N) is 3. The van der Waals surface area contributed by atoms with Gasteiger partial charge in [0.1, 0.15) is 23.0 Å². The molecule has 1 heterocycles. The molecule has 0 aromatic heterocycles. The summed E-state index contributed by atoms with van der Waals surface area (Å²) in [6.07, 6.45) is 0.737. The van der Waals surface area contributed by atoms with Crippen molar-refractivity contribution in [1.82, 2.24) is 10.2 Å². The third-order valence-corrected chi connectivity index (χ3v) is 5.70. The Labute approximate surface area is 190 Å². The van der Waals surface area contributed by atoms with Gasteiger partial charge in [-0.05, 0) is 30.7 Å². The third-order valence-electron chi connectivity index (χ3n) is 5.70. The van der Waals surface area contributed by atoms with Gasteiger partial charge in [-0.25, -0.2) is 0 Å². The van der Waals surface area contributed by atoms with Crippen molar-refractivity contribution in [3.05, 3.63) is 42.0 Å². The van der Waals surface area contributed by atoms with Crippen LogP contribution in [0.25, 0.3) is 0 Å². The highest BCUT2D eigenvalue weighted by molar-refractivity contribution is 5.80. The van der Waals surface area contributed by atoms with Crippen molar-refractivity contribution in [2.24, 2.45) is 4.99 Å². The molecule has 3 rings (SSSR count). The first-order valence-corrected chi connectivity index (χ1v) is 10.8. The number of ether oxygens (including phenoxy) is 4. The van der Waals surface area contributed by atoms with E-state index < -0.39 is 0 Å². The van der Waals surface area contributed by atoms with Crippen LogP contribution in [0.2, 0.25) is 0 Å². The Morgan fingerprint density at radius 3 is 1.94 bits per heavy atom. The molecule has 0 bridgehead atoms. The van der Waals surface area contributed by atoms with Crippen molar-refractivity contribution in [3.8, 4) is 23.0 Å². The molecule has 2 aromatic carbocycles. The number of hydrogen-bond acceptors (Lipinski definition) is 6. The number of benzene rings is 2. The molecule has 0 atom stereocenters. The van der Waals surface area contributed by atoms with Crippen LogP contribution in [0.5, 0.6) is 23.0 Å². The summed E-state index contributed by atoms with van der Waals surface area (Å²) in [6, 6.07) is 12.0. The Morgan fingerprint density at radius 1 is 0.844 bits per heavy atom. The lowest BCUT2D eigenvalue weighted by Crippen LogP contribution is -2.52. The number of methoxy groups -OCH3 is 4. The molecule has 8 nitrogen and oxygen atoms in total. The van der Waals surface area contributed by atoms with Gasteiger partial charge < -0.3 is 34.1 Å². The van der Waals surface area contributed by atoms with Crippen LogP contribution >= 0.6 is 0 Å². The van der Waals surface area contributed by atoms with Gasteiger partial charge in [0.15, 0.2) is 5.96 Å². The fourth-order valence-electron chi connectivity index (χ4n) is 3.93. The van der Waals surface area contributed by atoms with Crippen LogP contribution < -0.4 is 29.2 Å². The van der Waals surface area contributed by atoms with E-state index in [0.717, 1.165) is 61.4 Å². The lowest BCUT2D eigenvalue weighted by atomic mass is 10.1. The quantitative estimate of drug-likeness (QED) is 0.498. The molecular weight excluding hydrogens is 408 g/mol. The fourth-order valence-corrected chi connectivity index (χ4v) is 3.93. The van der Waals surface area contributed by atoms with Gasteiger partial charge in [-0.3, -0.25) is 4.99 Å². The second-order valence-electron chi connectivity index (χ2n) is 7.41. The summed E-state index contributed by atoms with van der Waals surface area (Å²) < 4.78 is 21.7. The van der Waals surface area contributed by atoms with Gasteiger partial charge in [-0.15, -0.1) is 0 Å². The van der Waals surface area contributed by atoms with Gasteiger partial charge >= 0.3 is 0 Å². The molecule has 1 aliphatic rings. The van der Waals surface area contributed by atoms with Gasteiger partial charge in [0.25, 0.3) is 0 Å². The highest BCUT2D eigenvalue weighted by atomic mass is 16.5. The van der Waals surface area contributed by atoms with Crippen molar-refractivity contribution in [3.63, 3.8) is 0 Å². The van der Waals surface area contributed by atoms with Crippen LogP contribution in [0, 0.1) is 0 Å². The first kappa shape index (κ1) is 23.4. The van der Waals surface area contributed by atoms with Gasteiger partial charge in [-0.2, -0.15) is 0 Å². The summed E-state index contributed by atoms with van der Waals surface area (Å²) in [7, 11) is 8.46. The van der Waals surface area contributed by atoms with E-state index in [4.69, 9.17) is 18.9 Å². The zero-order valence-electron chi connectivity index (χ0n) is 19.7. The lowest BCUT2D eigenvalue weighted by molar-refractivity contribution is 0.365. The Balaban J connectivity index is 1.56. The second kappa shape index (κ2) is 11.4. The van der Waals surface area contributed by atoms with E-state index in [1.165, 1.54) is 5.69 Å². The molecule has 1 fully saturated rings. The molecule has 0 amide bonds. The van der Waals surface area contributed by atoms with Crippen LogP contribution in [-0.2, 0) is 6.42 Å². The summed E-state index contributed by atoms with van der Waals surface area (Å²) >= 11 is 0. The Kier molecular flexibility index (Phi) is 8.30. The van der Waals surface area contributed by atoms with E-state index in [9.17, 15) is 0 Å². The average Bonchev–Trinajstić information content (AvgIpc) is 2.86. The molecular formula is C24H34N4O4. The van der Waals surface area contributed by atoms with Gasteiger partial charge in [0.05, 0.1) is 28.4 Å². The summed E-state index contributed by atoms with van der Waals surface area (Å²) in [5.41, 5.74) is 2.22. The maximum atomic E-state index is 5.56. The lowest BCUT2D eigenvalue weighted by Gasteiger charge is -2.37. The second-order valence-corrected chi connectivity index (χ2v) is 7.41. The number of nitrogens with one attached hydrogen (secondary N) is 1. The van der Waals surface area contributed by atoms with Crippen LogP contribution in [0.1, 0.15) is 5.56 Å². The van der Waals surface area contributed by atoms with E-state index in [0.29, 0.717) is 12.3 Å². The van der Waals surface area contributed by atoms with Crippen molar-refractivity contribution in [1.29, 1.82) is 0 Å². The van der Waals surface area contributed by atoms with E-state index in [2.05, 4.69) is 32.2 Å². The van der Waals surface area contributed by atoms with E-state index in [1.807, 2.05) is 31.3 Å². The maximum absolute atomic E-state index is 5.56. The number of rotatable bonds is 8. The fraction of sp³-hybridized carbons (Fsp3) is 0.458. The number of anilines is 1. The number of aliphatic imine (C=N–C) groups is 1. The third kappa shape index (κ3) is 5.49. The van der Waals surface area contributed by atoms with Gasteiger partial charge in [0.2, 0.25) is 0 Å². The monoisotopic (exact) mass is 442 g/mol. The van der Waals surface area contributed by atoms with Crippen LogP contribution in [0.3, 0.4) is 0 Å². The van der Waals surface area contributed by atoms with Gasteiger partial charge in [-0.1, -0.05) is 0 Å². The topological polar surface area (TPSA) is 67.8 Å². The molecule has 8 heteroatoms. The number of guanidine groups is 1. The van der Waals surface area contributed by atoms with E-state index in [-0.39, 0.29) is 0 Å². The number of hydrogen-bond donors (Lipinski definition) is 1. The highest BCUT2D eigenvalue weighted by Gasteiger charge is 2.20. The highest BCUT2D eigenvalue weighted by Crippen LogP contribution is 2.34. The van der Waals surface area contributed by atoms with Crippen molar-refractivity contribution < 1.29 is 18.9 Å². The van der Waals surface area contributed by atoms with Crippen molar-refractivity contribution >= 4 is 11.6 Å². The Bertz CT molecular complexity index is 868. The Morgan fingerprint density at radius 2 is 1.44 bits per heavy atom. The largest absolute Gasteiger partial charge is 0.497 e. The Hall–Kier alpha value is -3.29. The van der Waals surface area contributed by atoms with Crippen LogP contribution in [0.15, 0.2) is 41.4 Å². The molecule has 1 aliphatic heterocycles. The molecule has 0 saturated carbocycles. The summed E-state index contributed by atoms with van der Waals surface area (Å²) in [5, 5.41) is 3.49. The molecule has 0 radical (unpaired) electrons. The SMILES string of the molecule is CN=C(NCCc1c(OC)cc(OC)cc1OC)N1CCN(c2ccc(OC)cc2)CC1. The van der Waals surface area contributed by atoms with Crippen LogP contribution in [-0.4, -0.2) is 79.1 Å². The average molecular weight is 443 g/mol. The predicted octanol–water partition coefficient (Wildman–Crippen LogP) is 2.66. The molecule has 1 saturated heterocycles. The van der Waals surface area contributed by atoms with E-state index >= 15 is 0 Å². The molecule has 2 aromatic rings. The van der Waals surface area contributed by atoms with Crippen molar-refractivity contribution in [2.45, 2.75) is 6.42 Å². The standard InChI is InChI=1S/C24H34N4O4/c1-25-24(26-11-10-21-22(31-4)16-20(30-3)17-23(21)32-5)28-14-12-27(13-15-28)18-6-8-19(29-2)9-7-18/h6-9,16-17H,10-15H2,1-5H3,(H,25,26). The van der Waals surface area contributed by atoms with E-state index in [1.54, 1.807) is 28.4 Å². The first-order valence-electron chi connectivity index (χ1n) is 10.8. The predicted molar refractivity (Wildman–Crippen MR) is 128 cm³/mol.